The molecule has 1 aromatic carbocycles. The maximum atomic E-state index is 5.83. The monoisotopic (exact) mass is 286 g/mol. The molecule has 0 aliphatic rings. The number of benzene rings is 1. The topological polar surface area (TPSA) is 47.3 Å². The Bertz CT molecular complexity index is 355. The summed E-state index contributed by atoms with van der Waals surface area (Å²) in [4.78, 5) is 0. The predicted molar refractivity (Wildman–Crippen MR) is 72.9 cm³/mol. The molecule has 4 heteroatoms. The highest BCUT2D eigenvalue weighted by atomic mass is 79.9. The molecule has 0 aliphatic carbocycles. The molecule has 0 aromatic heterocycles. The fourth-order valence-corrected chi connectivity index (χ4v) is 1.97. The van der Waals surface area contributed by atoms with Crippen molar-refractivity contribution in [1.29, 1.82) is 0 Å². The minimum absolute atomic E-state index is 0.323. The van der Waals surface area contributed by atoms with E-state index in [9.17, 15) is 0 Å². The third kappa shape index (κ3) is 3.39. The van der Waals surface area contributed by atoms with E-state index >= 15 is 0 Å². The largest absolute Gasteiger partial charge is 0.398 e. The summed E-state index contributed by atoms with van der Waals surface area (Å²) in [5.74, 6) is 0. The van der Waals surface area contributed by atoms with Crippen LogP contribution in [0.2, 0.25) is 0 Å². The van der Waals surface area contributed by atoms with Crippen molar-refractivity contribution in [3.63, 3.8) is 0 Å². The molecule has 90 valence electrons. The summed E-state index contributed by atoms with van der Waals surface area (Å²) in [6, 6.07) is 4.30. The Morgan fingerprint density at radius 3 is 2.75 bits per heavy atom. The van der Waals surface area contributed by atoms with Crippen LogP contribution in [-0.4, -0.2) is 19.8 Å². The van der Waals surface area contributed by atoms with Crippen LogP contribution in [-0.2, 0) is 4.74 Å². The van der Waals surface area contributed by atoms with Gasteiger partial charge in [0.2, 0.25) is 0 Å². The summed E-state index contributed by atoms with van der Waals surface area (Å²) >= 11 is 3.51. The summed E-state index contributed by atoms with van der Waals surface area (Å²) in [5.41, 5.74) is 8.78. The zero-order valence-corrected chi connectivity index (χ0v) is 11.6. The lowest BCUT2D eigenvalue weighted by Crippen LogP contribution is -2.24. The lowest BCUT2D eigenvalue weighted by molar-refractivity contribution is 0.184. The van der Waals surface area contributed by atoms with Crippen LogP contribution in [0.25, 0.3) is 0 Å². The highest BCUT2D eigenvalue weighted by Crippen LogP contribution is 2.28. The van der Waals surface area contributed by atoms with Gasteiger partial charge >= 0.3 is 0 Å². The number of nitrogens with two attached hydrogens (primary N) is 1. The van der Waals surface area contributed by atoms with Gasteiger partial charge in [0.1, 0.15) is 0 Å². The van der Waals surface area contributed by atoms with Gasteiger partial charge in [-0.3, -0.25) is 0 Å². The van der Waals surface area contributed by atoms with E-state index in [1.165, 1.54) is 0 Å². The van der Waals surface area contributed by atoms with Crippen LogP contribution in [0.1, 0.15) is 18.9 Å². The fourth-order valence-electron chi connectivity index (χ4n) is 1.49. The third-order valence-corrected chi connectivity index (χ3v) is 3.23. The van der Waals surface area contributed by atoms with E-state index < -0.39 is 0 Å². The van der Waals surface area contributed by atoms with Crippen molar-refractivity contribution in [2.45, 2.75) is 26.3 Å². The SMILES string of the molecule is CCC(COC)Nc1cc(C)c(N)cc1Br. The molecule has 3 N–H and O–H groups in total. The normalized spacial score (nSPS) is 12.5. The second-order valence-corrected chi connectivity index (χ2v) is 4.75. The molecule has 0 heterocycles. The lowest BCUT2D eigenvalue weighted by atomic mass is 10.1. The van der Waals surface area contributed by atoms with Gasteiger partial charge in [0.15, 0.2) is 0 Å². The number of nitrogens with one attached hydrogen (secondary N) is 1. The molecule has 0 amide bonds. The highest BCUT2D eigenvalue weighted by molar-refractivity contribution is 9.10. The summed E-state index contributed by atoms with van der Waals surface area (Å²) in [7, 11) is 1.72. The van der Waals surface area contributed by atoms with Crippen molar-refractivity contribution in [2.75, 3.05) is 24.8 Å². The summed E-state index contributed by atoms with van der Waals surface area (Å²) in [6.45, 7) is 4.84. The maximum Gasteiger partial charge on any atom is 0.0663 e. The number of halogens is 1. The van der Waals surface area contributed by atoms with Crippen LogP contribution in [0.15, 0.2) is 16.6 Å². The van der Waals surface area contributed by atoms with Crippen molar-refractivity contribution < 1.29 is 4.74 Å². The Labute approximate surface area is 105 Å². The van der Waals surface area contributed by atoms with E-state index in [2.05, 4.69) is 34.2 Å². The molecule has 16 heavy (non-hydrogen) atoms. The van der Waals surface area contributed by atoms with Gasteiger partial charge in [-0.2, -0.15) is 0 Å². The van der Waals surface area contributed by atoms with E-state index in [4.69, 9.17) is 10.5 Å². The molecule has 1 atom stereocenters. The zero-order valence-electron chi connectivity index (χ0n) is 10.0. The number of rotatable bonds is 5. The standard InChI is InChI=1S/C12H19BrN2O/c1-4-9(7-16-3)15-12-5-8(2)11(14)6-10(12)13/h5-6,9,15H,4,7,14H2,1-3H3. The van der Waals surface area contributed by atoms with Crippen molar-refractivity contribution >= 4 is 27.3 Å². The average Bonchev–Trinajstić information content (AvgIpc) is 2.25. The Kier molecular flexibility index (Phi) is 5.09. The lowest BCUT2D eigenvalue weighted by Gasteiger charge is -2.19. The van der Waals surface area contributed by atoms with Gasteiger partial charge in [0.25, 0.3) is 0 Å². The second-order valence-electron chi connectivity index (χ2n) is 3.89. The first-order valence-electron chi connectivity index (χ1n) is 5.39. The maximum absolute atomic E-state index is 5.83. The molecule has 0 aliphatic heterocycles. The molecular formula is C12H19BrN2O. The third-order valence-electron chi connectivity index (χ3n) is 2.58. The first-order valence-corrected chi connectivity index (χ1v) is 6.18. The van der Waals surface area contributed by atoms with E-state index in [0.717, 1.165) is 27.8 Å². The number of hydrogen-bond donors (Lipinski definition) is 2. The van der Waals surface area contributed by atoms with E-state index in [1.54, 1.807) is 7.11 Å². The van der Waals surface area contributed by atoms with Gasteiger partial charge in [0.05, 0.1) is 6.61 Å². The summed E-state index contributed by atoms with van der Waals surface area (Å²) < 4.78 is 6.15. The molecule has 1 rings (SSSR count). The van der Waals surface area contributed by atoms with Crippen LogP contribution >= 0.6 is 15.9 Å². The molecule has 0 radical (unpaired) electrons. The highest BCUT2D eigenvalue weighted by Gasteiger charge is 2.09. The van der Waals surface area contributed by atoms with Crippen LogP contribution in [0.5, 0.6) is 0 Å². The Morgan fingerprint density at radius 2 is 2.19 bits per heavy atom. The molecule has 1 aromatic rings. The number of anilines is 2. The van der Waals surface area contributed by atoms with Gasteiger partial charge in [-0.15, -0.1) is 0 Å². The summed E-state index contributed by atoms with van der Waals surface area (Å²) in [5, 5.41) is 3.44. The molecular weight excluding hydrogens is 268 g/mol. The molecule has 0 bridgehead atoms. The molecule has 1 unspecified atom stereocenters. The van der Waals surface area contributed by atoms with Gasteiger partial charge in [0, 0.05) is 29.0 Å². The van der Waals surface area contributed by atoms with Crippen molar-refractivity contribution in [2.24, 2.45) is 0 Å². The second kappa shape index (κ2) is 6.11. The minimum Gasteiger partial charge on any atom is -0.398 e. The molecule has 0 spiro atoms. The Hall–Kier alpha value is -0.740. The van der Waals surface area contributed by atoms with Crippen LogP contribution in [0, 0.1) is 6.92 Å². The fraction of sp³-hybridized carbons (Fsp3) is 0.500. The molecule has 0 saturated carbocycles. The number of hydrogen-bond acceptors (Lipinski definition) is 3. The Morgan fingerprint density at radius 1 is 1.50 bits per heavy atom. The van der Waals surface area contributed by atoms with E-state index in [1.807, 2.05) is 13.0 Å². The van der Waals surface area contributed by atoms with Gasteiger partial charge in [-0.1, -0.05) is 6.92 Å². The van der Waals surface area contributed by atoms with Gasteiger partial charge in [-0.05, 0) is 47.0 Å². The van der Waals surface area contributed by atoms with Crippen LogP contribution < -0.4 is 11.1 Å². The smallest absolute Gasteiger partial charge is 0.0663 e. The van der Waals surface area contributed by atoms with Gasteiger partial charge in [-0.25, -0.2) is 0 Å². The number of ether oxygens (including phenoxy) is 1. The molecule has 0 saturated heterocycles. The van der Waals surface area contributed by atoms with Crippen LogP contribution in [0.3, 0.4) is 0 Å². The average molecular weight is 287 g/mol. The van der Waals surface area contributed by atoms with Crippen molar-refractivity contribution in [3.05, 3.63) is 22.2 Å². The summed E-state index contributed by atoms with van der Waals surface area (Å²) in [6.07, 6.45) is 1.02. The van der Waals surface area contributed by atoms with E-state index in [0.29, 0.717) is 12.6 Å². The van der Waals surface area contributed by atoms with Crippen LogP contribution in [0.4, 0.5) is 11.4 Å². The molecule has 0 fully saturated rings. The zero-order chi connectivity index (χ0) is 12.1. The minimum atomic E-state index is 0.323. The predicted octanol–water partition coefficient (Wildman–Crippen LogP) is 3.18. The van der Waals surface area contributed by atoms with Crippen molar-refractivity contribution in [1.82, 2.24) is 0 Å². The molecule has 3 nitrogen and oxygen atoms in total. The van der Waals surface area contributed by atoms with Gasteiger partial charge < -0.3 is 15.8 Å². The number of nitrogen functional groups attached to an aromatic ring is 1. The van der Waals surface area contributed by atoms with Crippen molar-refractivity contribution in [3.8, 4) is 0 Å². The van der Waals surface area contributed by atoms with E-state index in [-0.39, 0.29) is 0 Å². The first kappa shape index (κ1) is 13.3. The number of methoxy groups -OCH3 is 1. The first-order chi connectivity index (χ1) is 7.58. The quantitative estimate of drug-likeness (QED) is 0.818. The number of aryl methyl sites for hydroxylation is 1. The Balaban J connectivity index is 2.83.